The summed E-state index contributed by atoms with van der Waals surface area (Å²) in [7, 11) is 4.08. The molecule has 1 fully saturated rings. The molecule has 8 nitrogen and oxygen atoms in total. The van der Waals surface area contributed by atoms with E-state index in [1.54, 1.807) is 12.1 Å². The minimum Gasteiger partial charge on any atom is -0.508 e. The lowest BCUT2D eigenvalue weighted by Crippen LogP contribution is -2.42. The fraction of sp³-hybridized carbons (Fsp3) is 0.619. The first-order valence-electron chi connectivity index (χ1n) is 9.91. The Morgan fingerprint density at radius 3 is 2.10 bits per heavy atom. The van der Waals surface area contributed by atoms with Crippen LogP contribution in [0.2, 0.25) is 0 Å². The summed E-state index contributed by atoms with van der Waals surface area (Å²) in [4.78, 5) is 22.0. The molecular formula is C21H34N2O6. The molecule has 2 rings (SSSR count). The number of phenols is 1. The van der Waals surface area contributed by atoms with Gasteiger partial charge in [0.1, 0.15) is 11.8 Å². The molecule has 1 aromatic carbocycles. The van der Waals surface area contributed by atoms with E-state index in [2.05, 4.69) is 4.90 Å². The molecule has 8 heteroatoms. The van der Waals surface area contributed by atoms with Crippen molar-refractivity contribution < 1.29 is 30.0 Å². The molecule has 6 N–H and O–H groups in total. The van der Waals surface area contributed by atoms with Gasteiger partial charge in [0.2, 0.25) is 0 Å². The molecule has 1 aliphatic carbocycles. The first kappa shape index (κ1) is 24.9. The van der Waals surface area contributed by atoms with Crippen LogP contribution in [0.1, 0.15) is 56.4 Å². The number of hydrogen-bond donors (Lipinski definition) is 5. The van der Waals surface area contributed by atoms with E-state index in [9.17, 15) is 19.8 Å². The van der Waals surface area contributed by atoms with E-state index in [1.165, 1.54) is 6.42 Å². The lowest BCUT2D eigenvalue weighted by molar-refractivity contribution is -0.139. The summed E-state index contributed by atoms with van der Waals surface area (Å²) in [5.41, 5.74) is 5.53. The molecule has 0 amide bonds. The minimum absolute atomic E-state index is 0.0231. The highest BCUT2D eigenvalue weighted by atomic mass is 16.4. The number of carbonyl (C=O) groups is 2. The molecule has 1 aliphatic rings. The Labute approximate surface area is 172 Å². The summed E-state index contributed by atoms with van der Waals surface area (Å²) in [6, 6.07) is 6.25. The number of phenolic OH excluding ortho intramolecular Hbond substituents is 1. The van der Waals surface area contributed by atoms with Gasteiger partial charge in [0.15, 0.2) is 0 Å². The average Bonchev–Trinajstić information content (AvgIpc) is 2.66. The van der Waals surface area contributed by atoms with Crippen LogP contribution in [0.15, 0.2) is 24.3 Å². The topological polar surface area (TPSA) is 144 Å². The number of aromatic hydroxyl groups is 1. The van der Waals surface area contributed by atoms with Crippen molar-refractivity contribution in [1.82, 2.24) is 4.90 Å². The van der Waals surface area contributed by atoms with Crippen molar-refractivity contribution in [3.05, 3.63) is 29.8 Å². The molecule has 0 radical (unpaired) electrons. The molecule has 0 aromatic heterocycles. The molecule has 0 heterocycles. The number of rotatable bonds is 8. The first-order valence-corrected chi connectivity index (χ1v) is 9.91. The molecule has 2 unspecified atom stereocenters. The van der Waals surface area contributed by atoms with Gasteiger partial charge in [-0.15, -0.1) is 0 Å². The summed E-state index contributed by atoms with van der Waals surface area (Å²) in [5, 5.41) is 36.7. The van der Waals surface area contributed by atoms with Gasteiger partial charge in [-0.1, -0.05) is 31.4 Å². The Bertz CT molecular complexity index is 641. The largest absolute Gasteiger partial charge is 0.508 e. The second-order valence-corrected chi connectivity index (χ2v) is 7.95. The molecule has 29 heavy (non-hydrogen) atoms. The van der Waals surface area contributed by atoms with Crippen LogP contribution in [-0.4, -0.2) is 69.5 Å². The zero-order chi connectivity index (χ0) is 22.0. The number of likely N-dealkylation sites (N-methyl/N-ethyl adjacent to an activating group) is 1. The number of aliphatic hydroxyl groups is 1. The Kier molecular flexibility index (Phi) is 10.1. The van der Waals surface area contributed by atoms with Crippen LogP contribution in [0.5, 0.6) is 5.75 Å². The highest BCUT2D eigenvalue weighted by Gasteiger charge is 2.38. The maximum atomic E-state index is 11.0. The molecule has 0 spiro atoms. The van der Waals surface area contributed by atoms with Crippen LogP contribution in [-0.2, 0) is 9.59 Å². The first-order chi connectivity index (χ1) is 13.5. The van der Waals surface area contributed by atoms with Crippen molar-refractivity contribution in [2.24, 2.45) is 5.73 Å². The highest BCUT2D eigenvalue weighted by Crippen LogP contribution is 2.40. The number of carboxylic acids is 2. The quantitative estimate of drug-likeness (QED) is 0.438. The Hall–Kier alpha value is -2.16. The van der Waals surface area contributed by atoms with Crippen molar-refractivity contribution in [2.45, 2.75) is 62.5 Å². The average molecular weight is 411 g/mol. The molecule has 0 bridgehead atoms. The molecule has 1 saturated carbocycles. The van der Waals surface area contributed by atoms with Crippen LogP contribution in [0.3, 0.4) is 0 Å². The zero-order valence-corrected chi connectivity index (χ0v) is 17.3. The smallest absolute Gasteiger partial charge is 0.320 e. The van der Waals surface area contributed by atoms with Gasteiger partial charge < -0.3 is 31.1 Å². The van der Waals surface area contributed by atoms with Gasteiger partial charge in [0.25, 0.3) is 0 Å². The lowest BCUT2D eigenvalue weighted by Gasteiger charge is -2.40. The van der Waals surface area contributed by atoms with E-state index in [1.807, 2.05) is 26.2 Å². The monoisotopic (exact) mass is 410 g/mol. The number of aliphatic carboxylic acids is 2. The highest BCUT2D eigenvalue weighted by molar-refractivity contribution is 5.74. The van der Waals surface area contributed by atoms with E-state index in [0.29, 0.717) is 0 Å². The summed E-state index contributed by atoms with van der Waals surface area (Å²) in [5.74, 6) is -1.80. The number of benzene rings is 1. The fourth-order valence-corrected chi connectivity index (χ4v) is 3.57. The second kappa shape index (κ2) is 11.7. The van der Waals surface area contributed by atoms with E-state index in [4.69, 9.17) is 15.9 Å². The van der Waals surface area contributed by atoms with E-state index in [-0.39, 0.29) is 24.5 Å². The van der Waals surface area contributed by atoms with Crippen molar-refractivity contribution in [3.8, 4) is 5.75 Å². The van der Waals surface area contributed by atoms with E-state index < -0.39 is 23.6 Å². The van der Waals surface area contributed by atoms with Gasteiger partial charge in [0.05, 0.1) is 5.60 Å². The van der Waals surface area contributed by atoms with Crippen molar-refractivity contribution in [1.29, 1.82) is 0 Å². The number of nitrogens with two attached hydrogens (primary N) is 1. The van der Waals surface area contributed by atoms with Crippen LogP contribution in [0.4, 0.5) is 0 Å². The molecule has 2 atom stereocenters. The van der Waals surface area contributed by atoms with Crippen molar-refractivity contribution in [2.75, 3.05) is 20.6 Å². The Balaban J connectivity index is 0.000000359. The minimum atomic E-state index is -1.17. The third kappa shape index (κ3) is 8.81. The molecule has 0 aliphatic heterocycles. The standard InChI is InChI=1S/C16H25NO2.C5H9NO4/c1-17(2)12-15(13-6-8-14(18)9-7-13)16(19)10-4-3-5-11-16;6-3(5(9)10)1-2-4(7)8/h6-9,15,18-19H,3-5,10-12H2,1-2H3;3H,1-2,6H2,(H,7,8)(H,9,10). The SMILES string of the molecule is CN(C)CC(c1ccc(O)cc1)C1(O)CCCCC1.NC(CCC(=O)O)C(=O)O. The predicted octanol–water partition coefficient (Wildman–Crippen LogP) is 2.00. The summed E-state index contributed by atoms with van der Waals surface area (Å²) >= 11 is 0. The van der Waals surface area contributed by atoms with Gasteiger partial charge in [-0.2, -0.15) is 0 Å². The van der Waals surface area contributed by atoms with E-state index >= 15 is 0 Å². The molecule has 164 valence electrons. The Morgan fingerprint density at radius 1 is 1.10 bits per heavy atom. The zero-order valence-electron chi connectivity index (χ0n) is 17.3. The van der Waals surface area contributed by atoms with Crippen LogP contribution in [0, 0.1) is 0 Å². The number of carboxylic acid groups (broad SMARTS) is 2. The van der Waals surface area contributed by atoms with Crippen molar-refractivity contribution >= 4 is 11.9 Å². The molecular weight excluding hydrogens is 376 g/mol. The number of nitrogens with zero attached hydrogens (tertiary/aromatic N) is 1. The van der Waals surface area contributed by atoms with Gasteiger partial charge in [-0.3, -0.25) is 9.59 Å². The van der Waals surface area contributed by atoms with E-state index in [0.717, 1.165) is 37.8 Å². The second-order valence-electron chi connectivity index (χ2n) is 7.95. The molecule has 1 aromatic rings. The maximum absolute atomic E-state index is 11.0. The normalized spacial score (nSPS) is 17.7. The van der Waals surface area contributed by atoms with Gasteiger partial charge in [-0.05, 0) is 51.1 Å². The predicted molar refractivity (Wildman–Crippen MR) is 110 cm³/mol. The summed E-state index contributed by atoms with van der Waals surface area (Å²) in [6.07, 6.45) is 4.99. The van der Waals surface area contributed by atoms with Crippen LogP contribution >= 0.6 is 0 Å². The maximum Gasteiger partial charge on any atom is 0.320 e. The third-order valence-electron chi connectivity index (χ3n) is 5.20. The lowest BCUT2D eigenvalue weighted by atomic mass is 9.72. The summed E-state index contributed by atoms with van der Waals surface area (Å²) in [6.45, 7) is 0.835. The van der Waals surface area contributed by atoms with Crippen LogP contribution in [0.25, 0.3) is 0 Å². The fourth-order valence-electron chi connectivity index (χ4n) is 3.57. The third-order valence-corrected chi connectivity index (χ3v) is 5.20. The van der Waals surface area contributed by atoms with Gasteiger partial charge in [0, 0.05) is 18.9 Å². The van der Waals surface area contributed by atoms with Gasteiger partial charge in [-0.25, -0.2) is 0 Å². The summed E-state index contributed by atoms with van der Waals surface area (Å²) < 4.78 is 0. The van der Waals surface area contributed by atoms with Crippen LogP contribution < -0.4 is 5.73 Å². The number of hydrogen-bond acceptors (Lipinski definition) is 6. The van der Waals surface area contributed by atoms with Gasteiger partial charge >= 0.3 is 11.9 Å². The molecule has 0 saturated heterocycles. The Morgan fingerprint density at radius 2 is 1.66 bits per heavy atom. The van der Waals surface area contributed by atoms with Crippen molar-refractivity contribution in [3.63, 3.8) is 0 Å².